The van der Waals surface area contributed by atoms with Gasteiger partial charge in [0.15, 0.2) is 11.5 Å². The van der Waals surface area contributed by atoms with Gasteiger partial charge in [0.1, 0.15) is 5.69 Å². The average Bonchev–Trinajstić information content (AvgIpc) is 3.51. The van der Waals surface area contributed by atoms with Crippen LogP contribution in [0.15, 0.2) is 58.6 Å². The van der Waals surface area contributed by atoms with Gasteiger partial charge in [0.2, 0.25) is 11.7 Å². The maximum atomic E-state index is 5.59. The van der Waals surface area contributed by atoms with Gasteiger partial charge < -0.3 is 14.0 Å². The highest BCUT2D eigenvalue weighted by Crippen LogP contribution is 2.42. The van der Waals surface area contributed by atoms with E-state index in [1.54, 1.807) is 31.8 Å². The molecule has 4 heterocycles. The van der Waals surface area contributed by atoms with Gasteiger partial charge in [-0.1, -0.05) is 17.3 Å². The molecular formula is C23H22N4O3S. The van der Waals surface area contributed by atoms with Crippen molar-refractivity contribution in [2.24, 2.45) is 0 Å². The number of aromatic nitrogens is 3. The topological polar surface area (TPSA) is 73.5 Å². The van der Waals surface area contributed by atoms with Gasteiger partial charge in [0.05, 0.1) is 26.8 Å². The van der Waals surface area contributed by atoms with Crippen LogP contribution >= 0.6 is 11.3 Å². The van der Waals surface area contributed by atoms with Crippen molar-refractivity contribution in [3.63, 3.8) is 0 Å². The second kappa shape index (κ2) is 8.49. The Morgan fingerprint density at radius 1 is 1.13 bits per heavy atom. The summed E-state index contributed by atoms with van der Waals surface area (Å²) in [6, 6.07) is 14.2. The quantitative estimate of drug-likeness (QED) is 0.446. The third kappa shape index (κ3) is 3.80. The first kappa shape index (κ1) is 19.7. The minimum absolute atomic E-state index is 0.0776. The number of hydrogen-bond donors (Lipinski definition) is 0. The van der Waals surface area contributed by atoms with Crippen LogP contribution in [0.3, 0.4) is 0 Å². The van der Waals surface area contributed by atoms with Gasteiger partial charge in [-0.05, 0) is 53.3 Å². The molecule has 0 unspecified atom stereocenters. The smallest absolute Gasteiger partial charge is 0.241 e. The molecule has 31 heavy (non-hydrogen) atoms. The molecule has 3 aromatic heterocycles. The van der Waals surface area contributed by atoms with Crippen molar-refractivity contribution in [1.82, 2.24) is 20.0 Å². The van der Waals surface area contributed by atoms with Crippen molar-refractivity contribution >= 4 is 11.3 Å². The van der Waals surface area contributed by atoms with Crippen molar-refractivity contribution in [1.29, 1.82) is 0 Å². The molecule has 1 aliphatic rings. The van der Waals surface area contributed by atoms with E-state index >= 15 is 0 Å². The van der Waals surface area contributed by atoms with Crippen molar-refractivity contribution < 1.29 is 14.0 Å². The summed E-state index contributed by atoms with van der Waals surface area (Å²) in [5.74, 6) is 2.58. The third-order valence-electron chi connectivity index (χ3n) is 5.49. The molecule has 1 aliphatic heterocycles. The zero-order valence-corrected chi connectivity index (χ0v) is 18.1. The molecule has 0 amide bonds. The Balaban J connectivity index is 1.49. The number of hydrogen-bond acceptors (Lipinski definition) is 8. The second-order valence-electron chi connectivity index (χ2n) is 7.27. The van der Waals surface area contributed by atoms with Crippen LogP contribution in [0, 0.1) is 0 Å². The molecule has 8 heteroatoms. The first-order valence-electron chi connectivity index (χ1n) is 10.0. The van der Waals surface area contributed by atoms with Gasteiger partial charge in [-0.15, -0.1) is 11.3 Å². The van der Waals surface area contributed by atoms with Gasteiger partial charge in [0, 0.05) is 17.6 Å². The molecule has 0 saturated heterocycles. The highest BCUT2D eigenvalue weighted by atomic mass is 32.1. The van der Waals surface area contributed by atoms with Gasteiger partial charge in [0.25, 0.3) is 0 Å². The van der Waals surface area contributed by atoms with Gasteiger partial charge in [-0.25, -0.2) is 0 Å². The van der Waals surface area contributed by atoms with E-state index in [0.717, 1.165) is 24.5 Å². The standard InChI is InChI=1S/C23H22N4O3S/c1-28-18-12-15-8-10-27(14-21-25-23(26-30-21)17-6-3-4-9-24-17)22(20-7-5-11-31-20)16(15)13-19(18)29-2/h3-7,9,11-13,22H,8,10,14H2,1-2H3/t22-/m0/s1. The first-order valence-corrected chi connectivity index (χ1v) is 10.9. The molecule has 4 aromatic rings. The molecule has 0 aliphatic carbocycles. The lowest BCUT2D eigenvalue weighted by molar-refractivity contribution is 0.179. The lowest BCUT2D eigenvalue weighted by Crippen LogP contribution is -2.35. The Kier molecular flexibility index (Phi) is 5.40. The average molecular weight is 435 g/mol. The molecular weight excluding hydrogens is 412 g/mol. The lowest BCUT2D eigenvalue weighted by atomic mass is 9.91. The highest BCUT2D eigenvalue weighted by Gasteiger charge is 2.32. The van der Waals surface area contributed by atoms with Crippen LogP contribution in [0.2, 0.25) is 0 Å². The SMILES string of the molecule is COc1cc2c(cc1OC)[C@@H](c1cccs1)N(Cc1nc(-c3ccccn3)no1)CC2. The van der Waals surface area contributed by atoms with Crippen molar-refractivity contribution in [3.8, 4) is 23.0 Å². The van der Waals surface area contributed by atoms with Gasteiger partial charge in [-0.2, -0.15) is 4.98 Å². The van der Waals surface area contributed by atoms with Crippen LogP contribution < -0.4 is 9.47 Å². The number of pyridine rings is 1. The molecule has 0 fully saturated rings. The van der Waals surface area contributed by atoms with E-state index in [2.05, 4.69) is 49.7 Å². The van der Waals surface area contributed by atoms with E-state index < -0.39 is 0 Å². The zero-order chi connectivity index (χ0) is 21.2. The zero-order valence-electron chi connectivity index (χ0n) is 17.3. The first-order chi connectivity index (χ1) is 15.3. The number of thiophene rings is 1. The Hall–Kier alpha value is -3.23. The molecule has 0 spiro atoms. The molecule has 5 rings (SSSR count). The summed E-state index contributed by atoms with van der Waals surface area (Å²) < 4.78 is 16.7. The summed E-state index contributed by atoms with van der Waals surface area (Å²) in [7, 11) is 3.34. The Morgan fingerprint density at radius 3 is 2.74 bits per heavy atom. The Bertz CT molecular complexity index is 1160. The number of rotatable bonds is 6. The minimum atomic E-state index is 0.0776. The van der Waals surface area contributed by atoms with Crippen LogP contribution in [0.5, 0.6) is 11.5 Å². The van der Waals surface area contributed by atoms with Crippen molar-refractivity contribution in [3.05, 3.63) is 75.9 Å². The van der Waals surface area contributed by atoms with Crippen LogP contribution in [-0.2, 0) is 13.0 Å². The third-order valence-corrected chi connectivity index (χ3v) is 6.41. The summed E-state index contributed by atoms with van der Waals surface area (Å²) in [5.41, 5.74) is 3.19. The van der Waals surface area contributed by atoms with E-state index in [0.29, 0.717) is 24.0 Å². The predicted octanol–water partition coefficient (Wildman–Crippen LogP) is 4.36. The second-order valence-corrected chi connectivity index (χ2v) is 8.25. The van der Waals surface area contributed by atoms with E-state index in [1.165, 1.54) is 16.0 Å². The lowest BCUT2D eigenvalue weighted by Gasteiger charge is -2.36. The summed E-state index contributed by atoms with van der Waals surface area (Å²) in [4.78, 5) is 12.5. The monoisotopic (exact) mass is 434 g/mol. The molecule has 0 radical (unpaired) electrons. The number of methoxy groups -OCH3 is 2. The highest BCUT2D eigenvalue weighted by molar-refractivity contribution is 7.10. The molecule has 0 bridgehead atoms. The fraction of sp³-hybridized carbons (Fsp3) is 0.261. The van der Waals surface area contributed by atoms with E-state index in [9.17, 15) is 0 Å². The van der Waals surface area contributed by atoms with E-state index in [4.69, 9.17) is 14.0 Å². The maximum absolute atomic E-state index is 5.59. The van der Waals surface area contributed by atoms with Crippen molar-refractivity contribution in [2.75, 3.05) is 20.8 Å². The van der Waals surface area contributed by atoms with Crippen LogP contribution in [0.4, 0.5) is 0 Å². The summed E-state index contributed by atoms with van der Waals surface area (Å²) >= 11 is 1.74. The Labute approximate surface area is 184 Å². The van der Waals surface area contributed by atoms with Crippen molar-refractivity contribution in [2.45, 2.75) is 19.0 Å². The normalized spacial score (nSPS) is 16.1. The fourth-order valence-electron chi connectivity index (χ4n) is 4.04. The molecule has 7 nitrogen and oxygen atoms in total. The van der Waals surface area contributed by atoms with E-state index in [-0.39, 0.29) is 6.04 Å². The maximum Gasteiger partial charge on any atom is 0.241 e. The number of fused-ring (bicyclic) bond motifs is 1. The molecule has 0 saturated carbocycles. The Morgan fingerprint density at radius 2 is 2.00 bits per heavy atom. The largest absolute Gasteiger partial charge is 0.493 e. The molecule has 0 N–H and O–H groups in total. The summed E-state index contributed by atoms with van der Waals surface area (Å²) in [6.45, 7) is 1.42. The van der Waals surface area contributed by atoms with Crippen LogP contribution in [0.25, 0.3) is 11.5 Å². The van der Waals surface area contributed by atoms with Crippen LogP contribution in [0.1, 0.15) is 27.9 Å². The summed E-state index contributed by atoms with van der Waals surface area (Å²) in [6.07, 6.45) is 2.63. The number of benzene rings is 1. The summed E-state index contributed by atoms with van der Waals surface area (Å²) in [5, 5.41) is 6.23. The van der Waals surface area contributed by atoms with Gasteiger partial charge in [-0.3, -0.25) is 9.88 Å². The predicted molar refractivity (Wildman–Crippen MR) is 117 cm³/mol. The van der Waals surface area contributed by atoms with Crippen LogP contribution in [-0.4, -0.2) is 40.8 Å². The molecule has 1 aromatic carbocycles. The fourth-order valence-corrected chi connectivity index (χ4v) is 4.92. The number of ether oxygens (including phenoxy) is 2. The van der Waals surface area contributed by atoms with Gasteiger partial charge >= 0.3 is 0 Å². The molecule has 1 atom stereocenters. The van der Waals surface area contributed by atoms with E-state index in [1.807, 2.05) is 18.2 Å². The number of nitrogens with zero attached hydrogens (tertiary/aromatic N) is 4. The minimum Gasteiger partial charge on any atom is -0.493 e. The molecule has 158 valence electrons.